The topological polar surface area (TPSA) is 33.0 Å². The predicted molar refractivity (Wildman–Crippen MR) is 40.5 cm³/mol. The van der Waals surface area contributed by atoms with Crippen molar-refractivity contribution in [1.82, 2.24) is 0 Å². The minimum atomic E-state index is 0.115. The van der Waals surface area contributed by atoms with Gasteiger partial charge in [0.15, 0.2) is 0 Å². The van der Waals surface area contributed by atoms with Gasteiger partial charge in [0, 0.05) is 13.2 Å². The highest BCUT2D eigenvalue weighted by atomic mass is 16.5. The van der Waals surface area contributed by atoms with Crippen LogP contribution in [0.15, 0.2) is 12.2 Å². The minimum absolute atomic E-state index is 0.115. The molecule has 10 heavy (non-hydrogen) atoms. The molecule has 0 aromatic rings. The zero-order valence-electron chi connectivity index (χ0n) is 6.50. The number of allylic oxidation sites excluding steroid dienone is 1. The predicted octanol–water partition coefficient (Wildman–Crippen LogP) is 1.88. The fourth-order valence-corrected chi connectivity index (χ4v) is 0.728. The van der Waals surface area contributed by atoms with Crippen LogP contribution < -0.4 is 0 Å². The normalized spacial score (nSPS) is 13.3. The van der Waals surface area contributed by atoms with Gasteiger partial charge in [-0.05, 0) is 12.5 Å². The van der Waals surface area contributed by atoms with E-state index in [1.807, 2.05) is 6.07 Å². The molecule has 0 fully saturated rings. The molecule has 2 nitrogen and oxygen atoms in total. The number of hydrogen-bond acceptors (Lipinski definition) is 2. The Kier molecular flexibility index (Phi) is 5.80. The lowest BCUT2D eigenvalue weighted by atomic mass is 10.2. The first kappa shape index (κ1) is 9.19. The average Bonchev–Trinajstić information content (AvgIpc) is 1.98. The minimum Gasteiger partial charge on any atom is -0.377 e. The van der Waals surface area contributed by atoms with E-state index in [1.165, 1.54) is 6.08 Å². The molecule has 0 saturated carbocycles. The summed E-state index contributed by atoms with van der Waals surface area (Å²) < 4.78 is 5.05. The van der Waals surface area contributed by atoms with Crippen LogP contribution in [0, 0.1) is 11.3 Å². The van der Waals surface area contributed by atoms with Crippen LogP contribution in [-0.2, 0) is 4.74 Å². The maximum atomic E-state index is 8.19. The smallest absolute Gasteiger partial charge is 0.0909 e. The van der Waals surface area contributed by atoms with Gasteiger partial charge in [0.05, 0.1) is 12.2 Å². The molecule has 2 heteroatoms. The van der Waals surface area contributed by atoms with Crippen LogP contribution in [0.4, 0.5) is 0 Å². The van der Waals surface area contributed by atoms with Crippen molar-refractivity contribution in [2.24, 2.45) is 0 Å². The number of ether oxygens (including phenoxy) is 1. The molecule has 0 aliphatic rings. The number of rotatable bonds is 4. The summed E-state index contributed by atoms with van der Waals surface area (Å²) in [4.78, 5) is 0. The molecule has 0 spiro atoms. The summed E-state index contributed by atoms with van der Waals surface area (Å²) in [5.41, 5.74) is 0. The fraction of sp³-hybridized carbons (Fsp3) is 0.625. The standard InChI is InChI=1S/C8H13NO/c1-3-5-8(10-2)6-4-7-9/h4,6,8H,3,5H2,1-2H3/b6-4+. The van der Waals surface area contributed by atoms with Crippen molar-refractivity contribution in [2.45, 2.75) is 25.9 Å². The zero-order valence-corrected chi connectivity index (χ0v) is 6.50. The second-order valence-corrected chi connectivity index (χ2v) is 2.05. The van der Waals surface area contributed by atoms with E-state index in [2.05, 4.69) is 6.92 Å². The molecule has 0 saturated heterocycles. The Morgan fingerprint density at radius 3 is 2.80 bits per heavy atom. The Labute approximate surface area is 62.1 Å². The van der Waals surface area contributed by atoms with Crippen LogP contribution in [-0.4, -0.2) is 13.2 Å². The molecule has 1 atom stereocenters. The highest BCUT2D eigenvalue weighted by Gasteiger charge is 1.98. The molecule has 0 aliphatic heterocycles. The Balaban J connectivity index is 3.61. The number of nitrogens with zero attached hydrogens (tertiary/aromatic N) is 1. The monoisotopic (exact) mass is 139 g/mol. The summed E-state index contributed by atoms with van der Waals surface area (Å²) in [6, 6.07) is 1.93. The molecular weight excluding hydrogens is 126 g/mol. The fourth-order valence-electron chi connectivity index (χ4n) is 0.728. The third-order valence-corrected chi connectivity index (χ3v) is 1.26. The van der Waals surface area contributed by atoms with Gasteiger partial charge in [-0.15, -0.1) is 0 Å². The maximum absolute atomic E-state index is 8.19. The summed E-state index contributed by atoms with van der Waals surface area (Å²) in [5, 5.41) is 8.19. The lowest BCUT2D eigenvalue weighted by molar-refractivity contribution is 0.133. The molecular formula is C8H13NO. The third kappa shape index (κ3) is 4.11. The lowest BCUT2D eigenvalue weighted by Crippen LogP contribution is -2.05. The van der Waals surface area contributed by atoms with Gasteiger partial charge in [-0.25, -0.2) is 0 Å². The second-order valence-electron chi connectivity index (χ2n) is 2.05. The molecule has 1 unspecified atom stereocenters. The Hall–Kier alpha value is -0.810. The Morgan fingerprint density at radius 1 is 1.70 bits per heavy atom. The van der Waals surface area contributed by atoms with Gasteiger partial charge in [0.25, 0.3) is 0 Å². The van der Waals surface area contributed by atoms with E-state index >= 15 is 0 Å². The van der Waals surface area contributed by atoms with E-state index in [-0.39, 0.29) is 6.10 Å². The molecule has 56 valence electrons. The first-order chi connectivity index (χ1) is 4.85. The maximum Gasteiger partial charge on any atom is 0.0909 e. The molecule has 0 rings (SSSR count). The van der Waals surface area contributed by atoms with E-state index in [0.717, 1.165) is 12.8 Å². The van der Waals surface area contributed by atoms with Crippen molar-refractivity contribution in [2.75, 3.05) is 7.11 Å². The van der Waals surface area contributed by atoms with Crippen molar-refractivity contribution in [1.29, 1.82) is 5.26 Å². The van der Waals surface area contributed by atoms with Crippen LogP contribution in [0.1, 0.15) is 19.8 Å². The van der Waals surface area contributed by atoms with Gasteiger partial charge in [-0.1, -0.05) is 13.3 Å². The summed E-state index contributed by atoms with van der Waals surface area (Å²) in [6.45, 7) is 2.09. The summed E-state index contributed by atoms with van der Waals surface area (Å²) in [5.74, 6) is 0. The van der Waals surface area contributed by atoms with Crippen molar-refractivity contribution in [3.8, 4) is 6.07 Å². The summed E-state index contributed by atoms with van der Waals surface area (Å²) in [6.07, 6.45) is 5.42. The molecule has 0 heterocycles. The largest absolute Gasteiger partial charge is 0.377 e. The highest BCUT2D eigenvalue weighted by molar-refractivity contribution is 5.04. The first-order valence-corrected chi connectivity index (χ1v) is 3.44. The van der Waals surface area contributed by atoms with Gasteiger partial charge in [0.1, 0.15) is 0 Å². The number of hydrogen-bond donors (Lipinski definition) is 0. The van der Waals surface area contributed by atoms with E-state index < -0.39 is 0 Å². The van der Waals surface area contributed by atoms with Gasteiger partial charge in [-0.2, -0.15) is 5.26 Å². The van der Waals surface area contributed by atoms with E-state index in [9.17, 15) is 0 Å². The first-order valence-electron chi connectivity index (χ1n) is 3.44. The van der Waals surface area contributed by atoms with Gasteiger partial charge >= 0.3 is 0 Å². The Morgan fingerprint density at radius 2 is 2.40 bits per heavy atom. The van der Waals surface area contributed by atoms with E-state index in [1.54, 1.807) is 13.2 Å². The molecule has 0 aromatic heterocycles. The van der Waals surface area contributed by atoms with Gasteiger partial charge in [0.2, 0.25) is 0 Å². The zero-order chi connectivity index (χ0) is 7.82. The lowest BCUT2D eigenvalue weighted by Gasteiger charge is -2.06. The van der Waals surface area contributed by atoms with Crippen molar-refractivity contribution in [3.05, 3.63) is 12.2 Å². The van der Waals surface area contributed by atoms with Crippen molar-refractivity contribution >= 4 is 0 Å². The van der Waals surface area contributed by atoms with Gasteiger partial charge < -0.3 is 4.74 Å². The van der Waals surface area contributed by atoms with Crippen LogP contribution in [0.5, 0.6) is 0 Å². The van der Waals surface area contributed by atoms with Crippen LogP contribution in [0.2, 0.25) is 0 Å². The highest BCUT2D eigenvalue weighted by Crippen LogP contribution is 2.01. The molecule has 0 aliphatic carbocycles. The van der Waals surface area contributed by atoms with Crippen molar-refractivity contribution in [3.63, 3.8) is 0 Å². The SMILES string of the molecule is CCCC(/C=C/C#N)OC. The summed E-state index contributed by atoms with van der Waals surface area (Å²) in [7, 11) is 1.65. The third-order valence-electron chi connectivity index (χ3n) is 1.26. The average molecular weight is 139 g/mol. The molecule has 0 N–H and O–H groups in total. The van der Waals surface area contributed by atoms with Crippen LogP contribution >= 0.6 is 0 Å². The Bertz CT molecular complexity index is 135. The summed E-state index contributed by atoms with van der Waals surface area (Å²) >= 11 is 0. The number of nitriles is 1. The van der Waals surface area contributed by atoms with Crippen LogP contribution in [0.25, 0.3) is 0 Å². The molecule has 0 bridgehead atoms. The van der Waals surface area contributed by atoms with Gasteiger partial charge in [-0.3, -0.25) is 0 Å². The quantitative estimate of drug-likeness (QED) is 0.557. The van der Waals surface area contributed by atoms with Crippen LogP contribution in [0.3, 0.4) is 0 Å². The molecule has 0 amide bonds. The molecule has 0 radical (unpaired) electrons. The second kappa shape index (κ2) is 6.31. The van der Waals surface area contributed by atoms with E-state index in [4.69, 9.17) is 10.00 Å². The molecule has 0 aromatic carbocycles. The van der Waals surface area contributed by atoms with Crippen molar-refractivity contribution < 1.29 is 4.74 Å². The number of methoxy groups -OCH3 is 1. The van der Waals surface area contributed by atoms with E-state index in [0.29, 0.717) is 0 Å².